The Morgan fingerprint density at radius 3 is 2.15 bits per heavy atom. The first kappa shape index (κ1) is 12.3. The average Bonchev–Trinajstić information content (AvgIpc) is 2.92. The Bertz CT molecular complexity index is 822. The molecule has 6 nitrogen and oxygen atoms in total. The molecule has 0 radical (unpaired) electrons. The van der Waals surface area contributed by atoms with Crippen molar-refractivity contribution in [3.63, 3.8) is 0 Å². The van der Waals surface area contributed by atoms with Crippen LogP contribution in [0.5, 0.6) is 5.75 Å². The maximum Gasteiger partial charge on any atom is 0.377 e. The molecule has 102 valence electrons. The van der Waals surface area contributed by atoms with Gasteiger partial charge in [-0.05, 0) is 26.0 Å². The number of furan rings is 2. The molecule has 0 saturated carbocycles. The van der Waals surface area contributed by atoms with Gasteiger partial charge in [0.05, 0.1) is 10.9 Å². The zero-order chi connectivity index (χ0) is 14.6. The van der Waals surface area contributed by atoms with E-state index < -0.39 is 11.8 Å². The first-order valence-electron chi connectivity index (χ1n) is 5.83. The molecule has 6 heteroatoms. The van der Waals surface area contributed by atoms with E-state index in [9.17, 15) is 14.7 Å². The van der Waals surface area contributed by atoms with Crippen molar-refractivity contribution in [3.05, 3.63) is 29.2 Å². The van der Waals surface area contributed by atoms with Crippen molar-refractivity contribution in [2.45, 2.75) is 13.8 Å². The molecule has 0 saturated heterocycles. The number of rotatable bonds is 2. The van der Waals surface area contributed by atoms with Crippen LogP contribution in [0.3, 0.4) is 0 Å². The normalized spacial score (nSPS) is 11.3. The summed E-state index contributed by atoms with van der Waals surface area (Å²) in [6.07, 6.45) is 0. The second-order valence-electron chi connectivity index (χ2n) is 4.56. The number of carbonyl (C=O) groups excluding carboxylic acids is 1. The minimum atomic E-state index is -1.59. The number of phenols is 1. The second kappa shape index (κ2) is 3.86. The standard InChI is InChI=1S/C14H10O6/c1-5-3-7-9(11(16)14(17)18)12-8(4-6(2)19-12)10(15)13(7)20-5/h3-4,15H,1-2H3,(H,17,18). The highest BCUT2D eigenvalue weighted by molar-refractivity contribution is 6.45. The third kappa shape index (κ3) is 1.51. The van der Waals surface area contributed by atoms with Gasteiger partial charge in [-0.3, -0.25) is 4.79 Å². The molecule has 3 rings (SSSR count). The summed E-state index contributed by atoms with van der Waals surface area (Å²) in [7, 11) is 0. The monoisotopic (exact) mass is 274 g/mol. The molecule has 0 bridgehead atoms. The van der Waals surface area contributed by atoms with Crippen molar-refractivity contribution in [1.29, 1.82) is 0 Å². The number of Topliss-reactive ketones (excluding diaryl/α,β-unsaturated/α-hetero) is 1. The Morgan fingerprint density at radius 2 is 1.55 bits per heavy atom. The lowest BCUT2D eigenvalue weighted by atomic mass is 10.0. The Morgan fingerprint density at radius 1 is 1.00 bits per heavy atom. The number of carboxylic acids is 1. The maximum atomic E-state index is 11.9. The van der Waals surface area contributed by atoms with Gasteiger partial charge in [0, 0.05) is 5.39 Å². The Labute approximate surface area is 112 Å². The molecule has 0 unspecified atom stereocenters. The van der Waals surface area contributed by atoms with E-state index in [2.05, 4.69) is 0 Å². The Hall–Kier alpha value is -2.76. The van der Waals surface area contributed by atoms with Gasteiger partial charge in [0.25, 0.3) is 5.78 Å². The summed E-state index contributed by atoms with van der Waals surface area (Å²) < 4.78 is 10.7. The van der Waals surface area contributed by atoms with E-state index in [-0.39, 0.29) is 33.3 Å². The van der Waals surface area contributed by atoms with Crippen molar-refractivity contribution in [3.8, 4) is 5.75 Å². The summed E-state index contributed by atoms with van der Waals surface area (Å²) in [6.45, 7) is 3.28. The molecule has 0 aliphatic rings. The number of ketones is 1. The summed E-state index contributed by atoms with van der Waals surface area (Å²) in [5.74, 6) is -1.94. The van der Waals surface area contributed by atoms with Crippen LogP contribution in [-0.4, -0.2) is 22.0 Å². The summed E-state index contributed by atoms with van der Waals surface area (Å²) in [4.78, 5) is 22.9. The zero-order valence-corrected chi connectivity index (χ0v) is 10.7. The fourth-order valence-electron chi connectivity index (χ4n) is 2.33. The molecular weight excluding hydrogens is 264 g/mol. The van der Waals surface area contributed by atoms with E-state index in [0.717, 1.165) is 0 Å². The number of phenolic OH excluding ortho intramolecular Hbond substituents is 1. The number of aromatic hydroxyl groups is 1. The molecule has 0 atom stereocenters. The fraction of sp³-hybridized carbons (Fsp3) is 0.143. The van der Waals surface area contributed by atoms with Gasteiger partial charge in [0.1, 0.15) is 17.1 Å². The van der Waals surface area contributed by atoms with Gasteiger partial charge in [-0.2, -0.15) is 0 Å². The highest BCUT2D eigenvalue weighted by Gasteiger charge is 2.28. The van der Waals surface area contributed by atoms with Gasteiger partial charge in [-0.15, -0.1) is 0 Å². The minimum absolute atomic E-state index is 0.0562. The number of hydrogen-bond donors (Lipinski definition) is 2. The Balaban J connectivity index is 2.58. The molecule has 0 amide bonds. The molecule has 2 N–H and O–H groups in total. The van der Waals surface area contributed by atoms with Gasteiger partial charge in [-0.25, -0.2) is 4.79 Å². The van der Waals surface area contributed by atoms with Crippen LogP contribution in [0.4, 0.5) is 0 Å². The predicted molar refractivity (Wildman–Crippen MR) is 69.1 cm³/mol. The van der Waals surface area contributed by atoms with E-state index in [1.165, 1.54) is 12.1 Å². The number of hydrogen-bond acceptors (Lipinski definition) is 5. The molecule has 2 aromatic heterocycles. The molecule has 0 fully saturated rings. The maximum absolute atomic E-state index is 11.9. The molecule has 0 aliphatic heterocycles. The minimum Gasteiger partial charge on any atom is -0.504 e. The second-order valence-corrected chi connectivity index (χ2v) is 4.56. The largest absolute Gasteiger partial charge is 0.504 e. The highest BCUT2D eigenvalue weighted by atomic mass is 16.4. The van der Waals surface area contributed by atoms with Gasteiger partial charge in [-0.1, -0.05) is 0 Å². The van der Waals surface area contributed by atoms with E-state index in [0.29, 0.717) is 11.5 Å². The molecule has 20 heavy (non-hydrogen) atoms. The SMILES string of the molecule is Cc1cc2c(C(=O)C(=O)O)c3oc(C)cc3c(O)c2o1. The van der Waals surface area contributed by atoms with Crippen molar-refractivity contribution >= 4 is 33.7 Å². The zero-order valence-electron chi connectivity index (χ0n) is 10.7. The Kier molecular flexibility index (Phi) is 2.37. The third-order valence-electron chi connectivity index (χ3n) is 3.10. The van der Waals surface area contributed by atoms with Crippen molar-refractivity contribution < 1.29 is 28.6 Å². The van der Waals surface area contributed by atoms with E-state index in [1.807, 2.05) is 0 Å². The van der Waals surface area contributed by atoms with Gasteiger partial charge in [0.15, 0.2) is 11.3 Å². The third-order valence-corrected chi connectivity index (χ3v) is 3.10. The lowest BCUT2D eigenvalue weighted by Gasteiger charge is -2.02. The van der Waals surface area contributed by atoms with Crippen LogP contribution in [0, 0.1) is 13.8 Å². The number of fused-ring (bicyclic) bond motifs is 2. The molecule has 0 aliphatic carbocycles. The number of aliphatic carboxylic acids is 1. The first-order chi connectivity index (χ1) is 9.40. The smallest absolute Gasteiger partial charge is 0.377 e. The van der Waals surface area contributed by atoms with Gasteiger partial charge in [0.2, 0.25) is 0 Å². The van der Waals surface area contributed by atoms with Crippen LogP contribution in [0.2, 0.25) is 0 Å². The number of carbonyl (C=O) groups is 2. The van der Waals surface area contributed by atoms with Crippen LogP contribution in [-0.2, 0) is 4.79 Å². The lowest BCUT2D eigenvalue weighted by Crippen LogP contribution is -2.13. The highest BCUT2D eigenvalue weighted by Crippen LogP contribution is 2.40. The summed E-state index contributed by atoms with van der Waals surface area (Å²) in [5.41, 5.74) is 0.0337. The molecular formula is C14H10O6. The van der Waals surface area contributed by atoms with Crippen molar-refractivity contribution in [2.75, 3.05) is 0 Å². The van der Waals surface area contributed by atoms with Crippen LogP contribution >= 0.6 is 0 Å². The van der Waals surface area contributed by atoms with Crippen molar-refractivity contribution in [1.82, 2.24) is 0 Å². The number of benzene rings is 1. The summed E-state index contributed by atoms with van der Waals surface area (Å²) in [6, 6.07) is 3.03. The number of carboxylic acid groups (broad SMARTS) is 1. The quantitative estimate of drug-likeness (QED) is 0.550. The molecule has 1 aromatic carbocycles. The first-order valence-corrected chi connectivity index (χ1v) is 5.83. The van der Waals surface area contributed by atoms with Gasteiger partial charge < -0.3 is 19.0 Å². The van der Waals surface area contributed by atoms with Crippen LogP contribution in [0.25, 0.3) is 21.9 Å². The molecule has 3 aromatic rings. The average molecular weight is 274 g/mol. The van der Waals surface area contributed by atoms with E-state index in [1.54, 1.807) is 13.8 Å². The van der Waals surface area contributed by atoms with Gasteiger partial charge >= 0.3 is 5.97 Å². The van der Waals surface area contributed by atoms with Crippen LogP contribution < -0.4 is 0 Å². The lowest BCUT2D eigenvalue weighted by molar-refractivity contribution is -0.131. The van der Waals surface area contributed by atoms with Crippen LogP contribution in [0.1, 0.15) is 21.9 Å². The van der Waals surface area contributed by atoms with E-state index >= 15 is 0 Å². The topological polar surface area (TPSA) is 101 Å². The van der Waals surface area contributed by atoms with E-state index in [4.69, 9.17) is 13.9 Å². The van der Waals surface area contributed by atoms with Crippen LogP contribution in [0.15, 0.2) is 21.0 Å². The summed E-state index contributed by atoms with van der Waals surface area (Å²) >= 11 is 0. The van der Waals surface area contributed by atoms with Crippen molar-refractivity contribution in [2.24, 2.45) is 0 Å². The number of aryl methyl sites for hydroxylation is 2. The predicted octanol–water partition coefficient (Wildman–Crippen LogP) is 2.77. The summed E-state index contributed by atoms with van der Waals surface area (Å²) in [5, 5.41) is 19.6. The molecule has 2 heterocycles. The molecule has 0 spiro atoms. The fourth-order valence-corrected chi connectivity index (χ4v) is 2.33.